The minimum absolute atomic E-state index is 0.0786. The number of ether oxygens (including phenoxy) is 1. The Morgan fingerprint density at radius 3 is 2.42 bits per heavy atom. The van der Waals surface area contributed by atoms with E-state index in [1.165, 1.54) is 22.0 Å². The molecule has 224 valence electrons. The SMILES string of the molecule is Cc1c(Oc2cnc3c4c(C(C)C)cccc4n4c5ccccc5[n+](C)c4c3c2C)cncc1N1c2cccnc2N(C)[C@H]1C. The Morgan fingerprint density at radius 1 is 0.822 bits per heavy atom. The Balaban J connectivity index is 1.35. The summed E-state index contributed by atoms with van der Waals surface area (Å²) in [7, 11) is 4.21. The van der Waals surface area contributed by atoms with Gasteiger partial charge in [0.1, 0.15) is 17.4 Å². The first-order chi connectivity index (χ1) is 21.8. The highest BCUT2D eigenvalue weighted by atomic mass is 16.5. The van der Waals surface area contributed by atoms with Crippen LogP contribution in [0.2, 0.25) is 0 Å². The molecule has 0 fully saturated rings. The Labute approximate surface area is 262 Å². The molecule has 7 aromatic rings. The lowest BCUT2D eigenvalue weighted by molar-refractivity contribution is -0.617. The molecule has 0 saturated carbocycles. The summed E-state index contributed by atoms with van der Waals surface area (Å²) in [6, 6.07) is 19.3. The smallest absolute Gasteiger partial charge is 0.297 e. The normalized spacial score (nSPS) is 14.9. The van der Waals surface area contributed by atoms with Crippen molar-refractivity contribution in [3.05, 3.63) is 96.1 Å². The summed E-state index contributed by atoms with van der Waals surface area (Å²) in [4.78, 5) is 18.9. The number of rotatable bonds is 4. The van der Waals surface area contributed by atoms with Crippen molar-refractivity contribution >= 4 is 55.7 Å². The van der Waals surface area contributed by atoms with Crippen molar-refractivity contribution < 1.29 is 9.30 Å². The van der Waals surface area contributed by atoms with E-state index in [4.69, 9.17) is 9.72 Å². The number of imidazole rings is 1. The van der Waals surface area contributed by atoms with Crippen LogP contribution in [0, 0.1) is 13.8 Å². The van der Waals surface area contributed by atoms with E-state index in [-0.39, 0.29) is 6.17 Å². The molecule has 8 nitrogen and oxygen atoms in total. The molecule has 0 radical (unpaired) electrons. The summed E-state index contributed by atoms with van der Waals surface area (Å²) < 4.78 is 11.4. The minimum atomic E-state index is 0.0786. The van der Waals surface area contributed by atoms with Crippen molar-refractivity contribution in [2.75, 3.05) is 16.8 Å². The van der Waals surface area contributed by atoms with Crippen LogP contribution in [0.25, 0.3) is 38.5 Å². The summed E-state index contributed by atoms with van der Waals surface area (Å²) >= 11 is 0. The van der Waals surface area contributed by atoms with Gasteiger partial charge in [-0.2, -0.15) is 4.40 Å². The van der Waals surface area contributed by atoms with Gasteiger partial charge in [-0.15, -0.1) is 0 Å². The summed E-state index contributed by atoms with van der Waals surface area (Å²) in [5.41, 5.74) is 11.0. The van der Waals surface area contributed by atoms with E-state index in [1.54, 1.807) is 6.20 Å². The Morgan fingerprint density at radius 2 is 1.60 bits per heavy atom. The second-order valence-corrected chi connectivity index (χ2v) is 12.4. The average molecular weight is 595 g/mol. The van der Waals surface area contributed by atoms with Gasteiger partial charge in [0.05, 0.1) is 53.3 Å². The van der Waals surface area contributed by atoms with Crippen LogP contribution in [-0.2, 0) is 7.05 Å². The molecule has 0 bridgehead atoms. The van der Waals surface area contributed by atoms with Gasteiger partial charge in [-0.3, -0.25) is 9.97 Å². The molecule has 0 spiro atoms. The van der Waals surface area contributed by atoms with Crippen LogP contribution in [0.5, 0.6) is 11.5 Å². The number of pyridine rings is 4. The van der Waals surface area contributed by atoms with Gasteiger partial charge in [0.15, 0.2) is 22.6 Å². The topological polar surface area (TPSA) is 62.7 Å². The Bertz CT molecular complexity index is 2320. The largest absolute Gasteiger partial charge is 0.453 e. The first-order valence-electron chi connectivity index (χ1n) is 15.5. The van der Waals surface area contributed by atoms with Crippen LogP contribution in [0.3, 0.4) is 0 Å². The first kappa shape index (κ1) is 27.3. The third-order valence-electron chi connectivity index (χ3n) is 9.62. The molecule has 1 atom stereocenters. The number of anilines is 3. The van der Waals surface area contributed by atoms with E-state index < -0.39 is 0 Å². The van der Waals surface area contributed by atoms with Crippen LogP contribution in [-0.4, -0.2) is 32.6 Å². The molecule has 0 aliphatic carbocycles. The lowest BCUT2D eigenvalue weighted by atomic mass is 9.95. The predicted octanol–water partition coefficient (Wildman–Crippen LogP) is 7.87. The van der Waals surface area contributed by atoms with Gasteiger partial charge < -0.3 is 14.5 Å². The number of aromatic nitrogens is 5. The number of hydrogen-bond acceptors (Lipinski definition) is 6. The van der Waals surface area contributed by atoms with E-state index in [1.807, 2.05) is 24.7 Å². The van der Waals surface area contributed by atoms with E-state index in [2.05, 4.69) is 126 Å². The molecule has 8 rings (SSSR count). The lowest BCUT2D eigenvalue weighted by Crippen LogP contribution is -2.36. The zero-order valence-corrected chi connectivity index (χ0v) is 26.7. The van der Waals surface area contributed by atoms with Gasteiger partial charge in [0.25, 0.3) is 5.65 Å². The van der Waals surface area contributed by atoms with Crippen LogP contribution < -0.4 is 19.1 Å². The summed E-state index contributed by atoms with van der Waals surface area (Å²) in [5.74, 6) is 2.71. The molecule has 1 aliphatic heterocycles. The molecule has 0 amide bonds. The van der Waals surface area contributed by atoms with Crippen molar-refractivity contribution in [3.63, 3.8) is 0 Å². The number of fused-ring (bicyclic) bond motifs is 9. The lowest BCUT2D eigenvalue weighted by Gasteiger charge is -2.28. The fraction of sp³-hybridized carbons (Fsp3) is 0.243. The maximum atomic E-state index is 6.75. The maximum Gasteiger partial charge on any atom is 0.297 e. The van der Waals surface area contributed by atoms with Crippen molar-refractivity contribution in [2.45, 2.75) is 46.7 Å². The average Bonchev–Trinajstić information content (AvgIpc) is 3.49. The number of aryl methyl sites for hydroxylation is 2. The Kier molecular flexibility index (Phi) is 6.00. The van der Waals surface area contributed by atoms with Gasteiger partial charge in [0, 0.05) is 24.4 Å². The molecule has 8 heteroatoms. The molecule has 0 N–H and O–H groups in total. The third-order valence-corrected chi connectivity index (χ3v) is 9.62. The predicted molar refractivity (Wildman–Crippen MR) is 181 cm³/mol. The van der Waals surface area contributed by atoms with E-state index >= 15 is 0 Å². The number of para-hydroxylation sites is 2. The fourth-order valence-corrected chi connectivity index (χ4v) is 7.16. The van der Waals surface area contributed by atoms with Crippen molar-refractivity contribution in [1.29, 1.82) is 0 Å². The Hall–Kier alpha value is -5.24. The zero-order valence-electron chi connectivity index (χ0n) is 26.7. The zero-order chi connectivity index (χ0) is 31.1. The summed E-state index contributed by atoms with van der Waals surface area (Å²) in [6.45, 7) is 10.9. The van der Waals surface area contributed by atoms with E-state index in [0.29, 0.717) is 17.4 Å². The van der Waals surface area contributed by atoms with Gasteiger partial charge in [0.2, 0.25) is 0 Å². The maximum absolute atomic E-state index is 6.75. The molecule has 45 heavy (non-hydrogen) atoms. The van der Waals surface area contributed by atoms with Gasteiger partial charge >= 0.3 is 0 Å². The van der Waals surface area contributed by atoms with Gasteiger partial charge in [-0.1, -0.05) is 38.1 Å². The molecule has 5 aromatic heterocycles. The number of benzene rings is 2. The molecule has 0 saturated heterocycles. The monoisotopic (exact) mass is 594 g/mol. The fourth-order valence-electron chi connectivity index (χ4n) is 7.16. The highest BCUT2D eigenvalue weighted by Crippen LogP contribution is 2.45. The second-order valence-electron chi connectivity index (χ2n) is 12.4. The van der Waals surface area contributed by atoms with Crippen LogP contribution in [0.1, 0.15) is 43.4 Å². The van der Waals surface area contributed by atoms with Crippen molar-refractivity contribution in [1.82, 2.24) is 19.4 Å². The standard InChI is InChI=1S/C37H36N7O/c1-21(2)25-12-10-15-28-34(25)35-33(37-42(7)26-13-8-9-14-27(26)44(28)37)23(4)32(20-40-35)45-31-19-38-18-30(22(31)3)43-24(5)41(6)36-29(43)16-11-17-39-36/h8-21,24H,1-7H3/q+1/t24-/m1/s1. The molecule has 6 heterocycles. The quantitative estimate of drug-likeness (QED) is 0.153. The molecule has 1 aliphatic rings. The van der Waals surface area contributed by atoms with Crippen LogP contribution in [0.15, 0.2) is 79.4 Å². The minimum Gasteiger partial charge on any atom is -0.453 e. The second kappa shape index (κ2) is 9.89. The molecule has 2 aromatic carbocycles. The highest BCUT2D eigenvalue weighted by molar-refractivity contribution is 6.13. The van der Waals surface area contributed by atoms with E-state index in [9.17, 15) is 0 Å². The van der Waals surface area contributed by atoms with Crippen LogP contribution >= 0.6 is 0 Å². The molecule has 0 unspecified atom stereocenters. The summed E-state index contributed by atoms with van der Waals surface area (Å²) in [6.07, 6.45) is 7.51. The first-order valence-corrected chi connectivity index (χ1v) is 15.5. The van der Waals surface area contributed by atoms with Crippen LogP contribution in [0.4, 0.5) is 17.2 Å². The van der Waals surface area contributed by atoms with Gasteiger partial charge in [-0.25, -0.2) is 9.55 Å². The summed E-state index contributed by atoms with van der Waals surface area (Å²) in [5, 5.41) is 2.27. The number of hydrogen-bond donors (Lipinski definition) is 0. The third kappa shape index (κ3) is 3.78. The van der Waals surface area contributed by atoms with Crippen molar-refractivity contribution in [2.24, 2.45) is 7.05 Å². The molecular formula is C37H36N7O+. The van der Waals surface area contributed by atoms with E-state index in [0.717, 1.165) is 50.4 Å². The van der Waals surface area contributed by atoms with Crippen molar-refractivity contribution in [3.8, 4) is 11.5 Å². The highest BCUT2D eigenvalue weighted by Gasteiger charge is 2.34. The molecular weight excluding hydrogens is 558 g/mol. The number of nitrogens with zero attached hydrogens (tertiary/aromatic N) is 7. The van der Waals surface area contributed by atoms with Gasteiger partial charge in [-0.05, 0) is 62.6 Å².